The summed E-state index contributed by atoms with van der Waals surface area (Å²) in [5.74, 6) is -2.96. The Kier molecular flexibility index (Phi) is 4.26. The van der Waals surface area contributed by atoms with E-state index in [0.29, 0.717) is 12.2 Å². The van der Waals surface area contributed by atoms with Crippen molar-refractivity contribution in [1.29, 1.82) is 0 Å². The lowest BCUT2D eigenvalue weighted by Crippen LogP contribution is -2.39. The Bertz CT molecular complexity index is 463. The number of benzene rings is 1. The molecular weight excluding hydrogens is 262 g/mol. The lowest BCUT2D eigenvalue weighted by atomic mass is 9.86. The molecule has 0 atom stereocenters. The maximum atomic E-state index is 13.2. The number of anilines is 2. The van der Waals surface area contributed by atoms with E-state index in [-0.39, 0.29) is 37.5 Å². The van der Waals surface area contributed by atoms with Crippen LogP contribution in [0.15, 0.2) is 24.3 Å². The third-order valence-electron chi connectivity index (χ3n) is 3.85. The average molecular weight is 282 g/mol. The van der Waals surface area contributed by atoms with Crippen LogP contribution in [0.5, 0.6) is 0 Å². The second-order valence-corrected chi connectivity index (χ2v) is 5.30. The smallest absolute Gasteiger partial charge is 0.248 e. The van der Waals surface area contributed by atoms with E-state index in [1.807, 2.05) is 6.92 Å². The van der Waals surface area contributed by atoms with Crippen molar-refractivity contribution in [3.8, 4) is 0 Å². The van der Waals surface area contributed by atoms with Crippen molar-refractivity contribution in [2.24, 2.45) is 5.92 Å². The molecule has 0 aliphatic heterocycles. The average Bonchev–Trinajstić information content (AvgIpc) is 2.41. The molecule has 1 aliphatic rings. The minimum absolute atomic E-state index is 0.0622. The van der Waals surface area contributed by atoms with Gasteiger partial charge in [-0.25, -0.2) is 8.78 Å². The Balaban J connectivity index is 2.08. The Morgan fingerprint density at radius 3 is 2.35 bits per heavy atom. The molecule has 110 valence electrons. The van der Waals surface area contributed by atoms with Crippen molar-refractivity contribution in [1.82, 2.24) is 0 Å². The Labute approximate surface area is 117 Å². The van der Waals surface area contributed by atoms with E-state index in [0.717, 1.165) is 5.69 Å². The molecule has 0 unspecified atom stereocenters. The third-order valence-corrected chi connectivity index (χ3v) is 3.85. The summed E-state index contributed by atoms with van der Waals surface area (Å²) in [6.07, 6.45) is 0.139. The first-order valence-electron chi connectivity index (χ1n) is 6.97. The summed E-state index contributed by atoms with van der Waals surface area (Å²) in [7, 11) is 0. The summed E-state index contributed by atoms with van der Waals surface area (Å²) in [6, 6.07) is 7.04. The molecule has 0 heterocycles. The number of carbonyl (C=O) groups excluding carboxylic acids is 1. The van der Waals surface area contributed by atoms with Crippen LogP contribution in [0, 0.1) is 5.92 Å². The van der Waals surface area contributed by atoms with Gasteiger partial charge in [0.05, 0.1) is 0 Å². The molecule has 0 saturated heterocycles. The molecule has 1 fully saturated rings. The minimum Gasteiger partial charge on any atom is -0.399 e. The number of carbonyl (C=O) groups is 1. The molecule has 1 aromatic carbocycles. The van der Waals surface area contributed by atoms with E-state index in [9.17, 15) is 13.6 Å². The van der Waals surface area contributed by atoms with Crippen molar-refractivity contribution in [3.05, 3.63) is 24.3 Å². The zero-order valence-corrected chi connectivity index (χ0v) is 11.6. The van der Waals surface area contributed by atoms with Gasteiger partial charge in [-0.05, 0) is 44.0 Å². The van der Waals surface area contributed by atoms with Gasteiger partial charge in [0.25, 0.3) is 0 Å². The second-order valence-electron chi connectivity index (χ2n) is 5.30. The largest absolute Gasteiger partial charge is 0.399 e. The van der Waals surface area contributed by atoms with Gasteiger partial charge in [0.15, 0.2) is 0 Å². The lowest BCUT2D eigenvalue weighted by Gasteiger charge is -2.31. The molecule has 3 nitrogen and oxygen atoms in total. The molecule has 1 aromatic rings. The van der Waals surface area contributed by atoms with Crippen molar-refractivity contribution >= 4 is 17.3 Å². The molecule has 0 radical (unpaired) electrons. The maximum absolute atomic E-state index is 13.2. The summed E-state index contributed by atoms with van der Waals surface area (Å²) in [5, 5.41) is 0. The van der Waals surface area contributed by atoms with Gasteiger partial charge in [-0.2, -0.15) is 0 Å². The first kappa shape index (κ1) is 14.8. The predicted molar refractivity (Wildman–Crippen MR) is 75.8 cm³/mol. The Morgan fingerprint density at radius 1 is 1.30 bits per heavy atom. The summed E-state index contributed by atoms with van der Waals surface area (Å²) < 4.78 is 26.3. The molecule has 5 heteroatoms. The number of nitrogens with zero attached hydrogens (tertiary/aromatic N) is 1. The Hall–Kier alpha value is -1.65. The first-order chi connectivity index (χ1) is 9.43. The molecule has 0 aromatic heterocycles. The number of rotatable bonds is 3. The van der Waals surface area contributed by atoms with E-state index in [4.69, 9.17) is 5.73 Å². The van der Waals surface area contributed by atoms with Crippen molar-refractivity contribution in [2.45, 2.75) is 38.5 Å². The molecule has 0 bridgehead atoms. The van der Waals surface area contributed by atoms with E-state index in [1.54, 1.807) is 29.2 Å². The van der Waals surface area contributed by atoms with Gasteiger partial charge in [-0.3, -0.25) is 4.79 Å². The highest BCUT2D eigenvalue weighted by Crippen LogP contribution is 2.37. The minimum atomic E-state index is -2.60. The zero-order valence-electron chi connectivity index (χ0n) is 11.6. The van der Waals surface area contributed by atoms with Crippen molar-refractivity contribution in [3.63, 3.8) is 0 Å². The monoisotopic (exact) mass is 282 g/mol. The summed E-state index contributed by atoms with van der Waals surface area (Å²) >= 11 is 0. The van der Waals surface area contributed by atoms with Crippen LogP contribution in [-0.2, 0) is 4.79 Å². The normalized spacial score (nSPS) is 18.8. The molecule has 20 heavy (non-hydrogen) atoms. The molecule has 1 amide bonds. The molecule has 0 spiro atoms. The van der Waals surface area contributed by atoms with Gasteiger partial charge >= 0.3 is 0 Å². The standard InChI is InChI=1S/C15H20F2N2O/c1-2-19(13-5-3-12(18)4-6-13)14(20)11-7-9-15(16,17)10-8-11/h3-6,11H,2,7-10,18H2,1H3. The highest BCUT2D eigenvalue weighted by atomic mass is 19.3. The van der Waals surface area contributed by atoms with Crippen LogP contribution < -0.4 is 10.6 Å². The van der Waals surface area contributed by atoms with Gasteiger partial charge in [-0.1, -0.05) is 0 Å². The van der Waals surface area contributed by atoms with Crippen LogP contribution in [0.25, 0.3) is 0 Å². The third kappa shape index (κ3) is 3.26. The van der Waals surface area contributed by atoms with Gasteiger partial charge < -0.3 is 10.6 Å². The summed E-state index contributed by atoms with van der Waals surface area (Å²) in [4.78, 5) is 14.1. The molecule has 2 N–H and O–H groups in total. The van der Waals surface area contributed by atoms with E-state index >= 15 is 0 Å². The van der Waals surface area contributed by atoms with Gasteiger partial charge in [0.1, 0.15) is 0 Å². The Morgan fingerprint density at radius 2 is 1.85 bits per heavy atom. The molecule has 1 saturated carbocycles. The number of nitrogen functional groups attached to an aromatic ring is 1. The number of halogens is 2. The van der Waals surface area contributed by atoms with Crippen LogP contribution in [0.4, 0.5) is 20.2 Å². The van der Waals surface area contributed by atoms with Crippen LogP contribution >= 0.6 is 0 Å². The van der Waals surface area contributed by atoms with Gasteiger partial charge in [0, 0.05) is 36.7 Å². The SMILES string of the molecule is CCN(C(=O)C1CCC(F)(F)CC1)c1ccc(N)cc1. The van der Waals surface area contributed by atoms with Gasteiger partial charge in [-0.15, -0.1) is 0 Å². The van der Waals surface area contributed by atoms with Crippen molar-refractivity contribution < 1.29 is 13.6 Å². The summed E-state index contributed by atoms with van der Waals surface area (Å²) in [6.45, 7) is 2.40. The van der Waals surface area contributed by atoms with Crippen LogP contribution in [0.1, 0.15) is 32.6 Å². The van der Waals surface area contributed by atoms with Crippen LogP contribution in [0.2, 0.25) is 0 Å². The maximum Gasteiger partial charge on any atom is 0.248 e. The number of nitrogens with two attached hydrogens (primary N) is 1. The quantitative estimate of drug-likeness (QED) is 0.863. The second kappa shape index (κ2) is 5.77. The fourth-order valence-electron chi connectivity index (χ4n) is 2.63. The topological polar surface area (TPSA) is 46.3 Å². The van der Waals surface area contributed by atoms with E-state index in [1.165, 1.54) is 0 Å². The number of hydrogen-bond acceptors (Lipinski definition) is 2. The number of amides is 1. The highest BCUT2D eigenvalue weighted by Gasteiger charge is 2.38. The van der Waals surface area contributed by atoms with Crippen LogP contribution in [-0.4, -0.2) is 18.4 Å². The zero-order chi connectivity index (χ0) is 14.8. The van der Waals surface area contributed by atoms with E-state index < -0.39 is 5.92 Å². The van der Waals surface area contributed by atoms with E-state index in [2.05, 4.69) is 0 Å². The molecule has 2 rings (SSSR count). The lowest BCUT2D eigenvalue weighted by molar-refractivity contribution is -0.126. The highest BCUT2D eigenvalue weighted by molar-refractivity contribution is 5.95. The summed E-state index contributed by atoms with van der Waals surface area (Å²) in [5.41, 5.74) is 7.03. The molecular formula is C15H20F2N2O. The van der Waals surface area contributed by atoms with Crippen molar-refractivity contribution in [2.75, 3.05) is 17.2 Å². The van der Waals surface area contributed by atoms with Crippen LogP contribution in [0.3, 0.4) is 0 Å². The molecule has 1 aliphatic carbocycles. The first-order valence-corrected chi connectivity index (χ1v) is 6.97. The number of hydrogen-bond donors (Lipinski definition) is 1. The predicted octanol–water partition coefficient (Wildman–Crippen LogP) is 3.45. The van der Waals surface area contributed by atoms with Gasteiger partial charge in [0.2, 0.25) is 11.8 Å². The number of alkyl halides is 2. The fourth-order valence-corrected chi connectivity index (χ4v) is 2.63. The fraction of sp³-hybridized carbons (Fsp3) is 0.533.